The molecule has 0 radical (unpaired) electrons. The third kappa shape index (κ3) is 3.14. The summed E-state index contributed by atoms with van der Waals surface area (Å²) in [6.45, 7) is 5.48. The van der Waals surface area contributed by atoms with E-state index < -0.39 is 0 Å². The van der Waals surface area contributed by atoms with Gasteiger partial charge in [0.1, 0.15) is 0 Å². The van der Waals surface area contributed by atoms with Crippen LogP contribution in [-0.4, -0.2) is 37.1 Å². The van der Waals surface area contributed by atoms with E-state index >= 15 is 0 Å². The van der Waals surface area contributed by atoms with Crippen LogP contribution in [0.15, 0.2) is 11.6 Å². The van der Waals surface area contributed by atoms with E-state index in [2.05, 4.69) is 0 Å². The molecule has 1 aliphatic rings. The molecule has 0 bridgehead atoms. The lowest BCUT2D eigenvalue weighted by molar-refractivity contribution is -0.129. The summed E-state index contributed by atoms with van der Waals surface area (Å²) in [5.41, 5.74) is 1.05. The summed E-state index contributed by atoms with van der Waals surface area (Å²) in [5, 5.41) is 0. The van der Waals surface area contributed by atoms with Crippen LogP contribution in [-0.2, 0) is 9.53 Å². The molecule has 0 N–H and O–H groups in total. The van der Waals surface area contributed by atoms with Crippen molar-refractivity contribution in [3.05, 3.63) is 11.6 Å². The minimum absolute atomic E-state index is 0.117. The number of nitrogens with zero attached hydrogens (tertiary/aromatic N) is 1. The van der Waals surface area contributed by atoms with Gasteiger partial charge in [-0.15, -0.1) is 0 Å². The Labute approximate surface area is 85.7 Å². The van der Waals surface area contributed by atoms with E-state index in [1.54, 1.807) is 13.2 Å². The zero-order valence-corrected chi connectivity index (χ0v) is 9.25. The summed E-state index contributed by atoms with van der Waals surface area (Å²) in [4.78, 5) is 13.5. The van der Waals surface area contributed by atoms with Crippen molar-refractivity contribution >= 4 is 5.91 Å². The maximum absolute atomic E-state index is 11.7. The maximum atomic E-state index is 11.7. The summed E-state index contributed by atoms with van der Waals surface area (Å²) in [6, 6.07) is 0. The van der Waals surface area contributed by atoms with E-state index in [0.717, 1.165) is 31.5 Å². The Morgan fingerprint density at radius 2 is 2.21 bits per heavy atom. The highest BCUT2D eigenvalue weighted by atomic mass is 16.5. The summed E-state index contributed by atoms with van der Waals surface area (Å²) >= 11 is 0. The fraction of sp³-hybridized carbons (Fsp3) is 0.727. The van der Waals surface area contributed by atoms with Crippen LogP contribution in [0.4, 0.5) is 0 Å². The van der Waals surface area contributed by atoms with Gasteiger partial charge >= 0.3 is 0 Å². The molecular weight excluding hydrogens is 178 g/mol. The Kier molecular flexibility index (Phi) is 4.14. The van der Waals surface area contributed by atoms with Crippen molar-refractivity contribution in [3.63, 3.8) is 0 Å². The summed E-state index contributed by atoms with van der Waals surface area (Å²) < 4.78 is 5.26. The SMILES string of the molecule is COC1CCCN(C(=O)C=C(C)C)C1. The molecule has 0 aromatic carbocycles. The minimum Gasteiger partial charge on any atom is -0.380 e. The highest BCUT2D eigenvalue weighted by molar-refractivity contribution is 5.88. The highest BCUT2D eigenvalue weighted by Gasteiger charge is 2.21. The van der Waals surface area contributed by atoms with Crippen molar-refractivity contribution in [2.45, 2.75) is 32.8 Å². The van der Waals surface area contributed by atoms with Gasteiger partial charge in [-0.25, -0.2) is 0 Å². The highest BCUT2D eigenvalue weighted by Crippen LogP contribution is 2.13. The van der Waals surface area contributed by atoms with Gasteiger partial charge in [0.05, 0.1) is 6.10 Å². The predicted molar refractivity (Wildman–Crippen MR) is 56.0 cm³/mol. The Balaban J connectivity index is 2.51. The van der Waals surface area contributed by atoms with Crippen LogP contribution in [0.25, 0.3) is 0 Å². The fourth-order valence-corrected chi connectivity index (χ4v) is 1.67. The molecule has 3 nitrogen and oxygen atoms in total. The second-order valence-electron chi connectivity index (χ2n) is 4.01. The monoisotopic (exact) mass is 197 g/mol. The molecule has 1 unspecified atom stereocenters. The Morgan fingerprint density at radius 1 is 1.50 bits per heavy atom. The largest absolute Gasteiger partial charge is 0.380 e. The second-order valence-corrected chi connectivity index (χ2v) is 4.01. The number of hydrogen-bond donors (Lipinski definition) is 0. The van der Waals surface area contributed by atoms with E-state index in [9.17, 15) is 4.79 Å². The lowest BCUT2D eigenvalue weighted by Gasteiger charge is -2.31. The molecule has 1 heterocycles. The lowest BCUT2D eigenvalue weighted by Crippen LogP contribution is -2.42. The quantitative estimate of drug-likeness (QED) is 0.629. The van der Waals surface area contributed by atoms with E-state index in [4.69, 9.17) is 4.74 Å². The van der Waals surface area contributed by atoms with Crippen molar-refractivity contribution in [1.82, 2.24) is 4.90 Å². The van der Waals surface area contributed by atoms with Gasteiger partial charge in [0.25, 0.3) is 0 Å². The van der Waals surface area contributed by atoms with Gasteiger partial charge in [-0.05, 0) is 26.7 Å². The third-order valence-electron chi connectivity index (χ3n) is 2.44. The minimum atomic E-state index is 0.117. The number of carbonyl (C=O) groups is 1. The molecule has 0 saturated carbocycles. The number of likely N-dealkylation sites (tertiary alicyclic amines) is 1. The fourth-order valence-electron chi connectivity index (χ4n) is 1.67. The van der Waals surface area contributed by atoms with Crippen molar-refractivity contribution in [3.8, 4) is 0 Å². The second kappa shape index (κ2) is 5.15. The van der Waals surface area contributed by atoms with Gasteiger partial charge in [-0.3, -0.25) is 4.79 Å². The van der Waals surface area contributed by atoms with Crippen molar-refractivity contribution in [2.24, 2.45) is 0 Å². The molecule has 1 rings (SSSR count). The molecular formula is C11H19NO2. The summed E-state index contributed by atoms with van der Waals surface area (Å²) in [6.07, 6.45) is 4.02. The normalized spacial score (nSPS) is 21.9. The first kappa shape index (κ1) is 11.2. The Bertz CT molecular complexity index is 231. The molecule has 3 heteroatoms. The van der Waals surface area contributed by atoms with Gasteiger partial charge in [-0.1, -0.05) is 5.57 Å². The topological polar surface area (TPSA) is 29.5 Å². The van der Waals surface area contributed by atoms with Gasteiger partial charge in [-0.2, -0.15) is 0 Å². The van der Waals surface area contributed by atoms with Crippen LogP contribution in [0.1, 0.15) is 26.7 Å². The average Bonchev–Trinajstić information content (AvgIpc) is 2.17. The molecule has 0 spiro atoms. The van der Waals surface area contributed by atoms with Crippen LogP contribution in [0, 0.1) is 0 Å². The maximum Gasteiger partial charge on any atom is 0.246 e. The standard InChI is InChI=1S/C11H19NO2/c1-9(2)7-11(13)12-6-4-5-10(8-12)14-3/h7,10H,4-6,8H2,1-3H3. The summed E-state index contributed by atoms with van der Waals surface area (Å²) in [7, 11) is 1.71. The molecule has 1 amide bonds. The van der Waals surface area contributed by atoms with E-state index in [1.807, 2.05) is 18.7 Å². The number of allylic oxidation sites excluding steroid dienone is 1. The first-order chi connectivity index (χ1) is 6.63. The number of rotatable bonds is 2. The smallest absolute Gasteiger partial charge is 0.246 e. The van der Waals surface area contributed by atoms with E-state index in [-0.39, 0.29) is 12.0 Å². The van der Waals surface area contributed by atoms with Crippen LogP contribution in [0.5, 0.6) is 0 Å². The first-order valence-corrected chi connectivity index (χ1v) is 5.10. The first-order valence-electron chi connectivity index (χ1n) is 5.10. The van der Waals surface area contributed by atoms with Crippen molar-refractivity contribution < 1.29 is 9.53 Å². The van der Waals surface area contributed by atoms with Crippen LogP contribution < -0.4 is 0 Å². The van der Waals surface area contributed by atoms with Gasteiger partial charge < -0.3 is 9.64 Å². The number of amides is 1. The molecule has 1 fully saturated rings. The molecule has 80 valence electrons. The predicted octanol–water partition coefficient (Wildman–Crippen LogP) is 1.59. The number of methoxy groups -OCH3 is 1. The van der Waals surface area contributed by atoms with E-state index in [0.29, 0.717) is 0 Å². The molecule has 1 aliphatic heterocycles. The van der Waals surface area contributed by atoms with Crippen LogP contribution in [0.2, 0.25) is 0 Å². The lowest BCUT2D eigenvalue weighted by atomic mass is 10.1. The van der Waals surface area contributed by atoms with Gasteiger partial charge in [0.15, 0.2) is 0 Å². The summed E-state index contributed by atoms with van der Waals surface area (Å²) in [5.74, 6) is 0.117. The van der Waals surface area contributed by atoms with E-state index in [1.165, 1.54) is 0 Å². The average molecular weight is 197 g/mol. The molecule has 1 atom stereocenters. The van der Waals surface area contributed by atoms with Crippen molar-refractivity contribution in [2.75, 3.05) is 20.2 Å². The molecule has 0 aliphatic carbocycles. The molecule has 14 heavy (non-hydrogen) atoms. The number of ether oxygens (including phenoxy) is 1. The third-order valence-corrected chi connectivity index (χ3v) is 2.44. The Morgan fingerprint density at radius 3 is 2.79 bits per heavy atom. The molecule has 0 aromatic heterocycles. The molecule has 0 aromatic rings. The number of piperidine rings is 1. The van der Waals surface area contributed by atoms with Gasteiger partial charge in [0.2, 0.25) is 5.91 Å². The zero-order valence-electron chi connectivity index (χ0n) is 9.25. The number of carbonyl (C=O) groups excluding carboxylic acids is 1. The van der Waals surface area contributed by atoms with Crippen LogP contribution in [0.3, 0.4) is 0 Å². The zero-order chi connectivity index (χ0) is 10.6. The molecule has 1 saturated heterocycles. The Hall–Kier alpha value is -0.830. The van der Waals surface area contributed by atoms with Crippen LogP contribution >= 0.6 is 0 Å². The van der Waals surface area contributed by atoms with Gasteiger partial charge in [0, 0.05) is 26.3 Å². The number of hydrogen-bond acceptors (Lipinski definition) is 2. The van der Waals surface area contributed by atoms with Crippen molar-refractivity contribution in [1.29, 1.82) is 0 Å².